The molecule has 0 spiro atoms. The first-order valence-corrected chi connectivity index (χ1v) is 7.02. The Labute approximate surface area is 110 Å². The van der Waals surface area contributed by atoms with Gasteiger partial charge in [0.1, 0.15) is 0 Å². The van der Waals surface area contributed by atoms with Gasteiger partial charge in [-0.3, -0.25) is 4.79 Å². The number of benzene rings is 1. The molecule has 0 aliphatic heterocycles. The van der Waals surface area contributed by atoms with Crippen LogP contribution in [0.5, 0.6) is 0 Å². The molecule has 1 aliphatic rings. The Morgan fingerprint density at radius 3 is 2.89 bits per heavy atom. The van der Waals surface area contributed by atoms with E-state index in [9.17, 15) is 4.79 Å². The van der Waals surface area contributed by atoms with Crippen LogP contribution in [0.4, 0.5) is 0 Å². The second-order valence-corrected chi connectivity index (χ2v) is 5.08. The van der Waals surface area contributed by atoms with Crippen LogP contribution in [0.25, 0.3) is 0 Å². The van der Waals surface area contributed by atoms with Crippen molar-refractivity contribution in [1.29, 1.82) is 0 Å². The van der Waals surface area contributed by atoms with Crippen molar-refractivity contribution in [2.24, 2.45) is 0 Å². The van der Waals surface area contributed by atoms with Gasteiger partial charge in [0.2, 0.25) is 0 Å². The third kappa shape index (κ3) is 2.72. The Kier molecular flexibility index (Phi) is 4.35. The van der Waals surface area contributed by atoms with Gasteiger partial charge >= 0.3 is 0 Å². The Hall–Kier alpha value is -1.37. The lowest BCUT2D eigenvalue weighted by atomic mass is 9.79. The summed E-state index contributed by atoms with van der Waals surface area (Å²) in [5.41, 5.74) is 3.83. The van der Waals surface area contributed by atoms with Crippen LogP contribution in [0.2, 0.25) is 0 Å². The molecule has 0 heterocycles. The number of allylic oxidation sites excluding steroid dienone is 2. The summed E-state index contributed by atoms with van der Waals surface area (Å²) < 4.78 is 0. The fourth-order valence-corrected chi connectivity index (χ4v) is 2.98. The molecule has 0 N–H and O–H groups in total. The topological polar surface area (TPSA) is 17.1 Å². The highest BCUT2D eigenvalue weighted by Gasteiger charge is 2.22. The number of carbonyl (C=O) groups excluding carboxylic acids is 1. The first-order chi connectivity index (χ1) is 8.76. The van der Waals surface area contributed by atoms with Crippen LogP contribution in [-0.4, -0.2) is 5.78 Å². The van der Waals surface area contributed by atoms with Gasteiger partial charge in [0.15, 0.2) is 5.78 Å². The molecule has 1 nitrogen and oxygen atoms in total. The van der Waals surface area contributed by atoms with Crippen molar-refractivity contribution in [3.8, 4) is 0 Å². The number of carbonyl (C=O) groups is 1. The minimum atomic E-state index is 0.335. The fraction of sp³-hybridized carbons (Fsp3) is 0.471. The Bertz CT molecular complexity index is 456. The average Bonchev–Trinajstić information content (AvgIpc) is 2.40. The first-order valence-electron chi connectivity index (χ1n) is 7.02. The standard InChI is InChI=1S/C17H22O/c1-3-13(4-2)17(18)12-15-10-7-9-14-8-5-6-11-16(14)15/h3,5-6,8,11,15H,4,7,9-10,12H2,1-2H3/b13-3-. The number of hydrogen-bond acceptors (Lipinski definition) is 1. The molecular formula is C17H22O. The second kappa shape index (κ2) is 5.99. The lowest BCUT2D eigenvalue weighted by Gasteiger charge is -2.25. The molecule has 0 saturated carbocycles. The van der Waals surface area contributed by atoms with Gasteiger partial charge in [-0.2, -0.15) is 0 Å². The van der Waals surface area contributed by atoms with Gasteiger partial charge in [-0.15, -0.1) is 0 Å². The zero-order valence-corrected chi connectivity index (χ0v) is 11.4. The van der Waals surface area contributed by atoms with Crippen molar-refractivity contribution in [3.05, 3.63) is 47.0 Å². The molecule has 1 unspecified atom stereocenters. The van der Waals surface area contributed by atoms with Crippen LogP contribution in [0.1, 0.15) is 56.6 Å². The van der Waals surface area contributed by atoms with Crippen molar-refractivity contribution in [1.82, 2.24) is 0 Å². The summed E-state index contributed by atoms with van der Waals surface area (Å²) in [6.07, 6.45) is 7.05. The second-order valence-electron chi connectivity index (χ2n) is 5.08. The third-order valence-electron chi connectivity index (χ3n) is 4.01. The maximum Gasteiger partial charge on any atom is 0.159 e. The quantitative estimate of drug-likeness (QED) is 0.714. The lowest BCUT2D eigenvalue weighted by Crippen LogP contribution is -2.14. The van der Waals surface area contributed by atoms with Crippen LogP contribution in [0.15, 0.2) is 35.9 Å². The van der Waals surface area contributed by atoms with Crippen molar-refractivity contribution >= 4 is 5.78 Å². The molecule has 0 radical (unpaired) electrons. The zero-order valence-electron chi connectivity index (χ0n) is 11.4. The molecule has 0 fully saturated rings. The summed E-state index contributed by atoms with van der Waals surface area (Å²) in [5.74, 6) is 0.769. The molecule has 1 aromatic rings. The van der Waals surface area contributed by atoms with E-state index < -0.39 is 0 Å². The van der Waals surface area contributed by atoms with E-state index in [2.05, 4.69) is 31.2 Å². The summed E-state index contributed by atoms with van der Waals surface area (Å²) in [6, 6.07) is 8.61. The highest BCUT2D eigenvalue weighted by molar-refractivity contribution is 5.95. The van der Waals surface area contributed by atoms with E-state index in [-0.39, 0.29) is 0 Å². The van der Waals surface area contributed by atoms with E-state index in [1.807, 2.05) is 13.0 Å². The molecule has 96 valence electrons. The molecule has 1 aromatic carbocycles. The SMILES string of the molecule is C/C=C(/CC)C(=O)CC1CCCc2ccccc21. The van der Waals surface area contributed by atoms with Gasteiger partial charge in [-0.25, -0.2) is 0 Å². The molecule has 2 rings (SSSR count). The van der Waals surface area contributed by atoms with Gasteiger partial charge in [-0.05, 0) is 55.2 Å². The number of rotatable bonds is 4. The van der Waals surface area contributed by atoms with E-state index in [0.29, 0.717) is 18.1 Å². The number of Topliss-reactive ketones (excluding diaryl/α,β-unsaturated/α-hetero) is 1. The van der Waals surface area contributed by atoms with Gasteiger partial charge in [-0.1, -0.05) is 37.3 Å². The molecule has 0 amide bonds. The summed E-state index contributed by atoms with van der Waals surface area (Å²) in [5, 5.41) is 0. The average molecular weight is 242 g/mol. The summed E-state index contributed by atoms with van der Waals surface area (Å²) in [6.45, 7) is 4.02. The van der Waals surface area contributed by atoms with Crippen LogP contribution < -0.4 is 0 Å². The number of aryl methyl sites for hydroxylation is 1. The Balaban J connectivity index is 2.14. The van der Waals surface area contributed by atoms with E-state index in [1.54, 1.807) is 0 Å². The van der Waals surface area contributed by atoms with Gasteiger partial charge in [0, 0.05) is 6.42 Å². The van der Waals surface area contributed by atoms with Gasteiger partial charge in [0.05, 0.1) is 0 Å². The van der Waals surface area contributed by atoms with Crippen LogP contribution in [0.3, 0.4) is 0 Å². The molecule has 0 aromatic heterocycles. The molecule has 0 saturated heterocycles. The zero-order chi connectivity index (χ0) is 13.0. The lowest BCUT2D eigenvalue weighted by molar-refractivity contribution is -0.116. The van der Waals surface area contributed by atoms with E-state index >= 15 is 0 Å². The molecule has 0 bridgehead atoms. The minimum Gasteiger partial charge on any atom is -0.295 e. The molecule has 1 heteroatoms. The predicted molar refractivity (Wildman–Crippen MR) is 75.8 cm³/mol. The largest absolute Gasteiger partial charge is 0.295 e. The fourth-order valence-electron chi connectivity index (χ4n) is 2.98. The van der Waals surface area contributed by atoms with Crippen molar-refractivity contribution in [2.75, 3.05) is 0 Å². The first kappa shape index (κ1) is 13.1. The van der Waals surface area contributed by atoms with Crippen molar-refractivity contribution < 1.29 is 4.79 Å². The highest BCUT2D eigenvalue weighted by Crippen LogP contribution is 2.34. The molecule has 1 aliphatic carbocycles. The number of hydrogen-bond donors (Lipinski definition) is 0. The van der Waals surface area contributed by atoms with Crippen LogP contribution in [-0.2, 0) is 11.2 Å². The predicted octanol–water partition coefficient (Wildman–Crippen LogP) is 4.42. The molecular weight excluding hydrogens is 220 g/mol. The van der Waals surface area contributed by atoms with E-state index in [1.165, 1.54) is 24.0 Å². The van der Waals surface area contributed by atoms with Crippen LogP contribution in [0, 0.1) is 0 Å². The smallest absolute Gasteiger partial charge is 0.159 e. The van der Waals surface area contributed by atoms with Gasteiger partial charge in [0.25, 0.3) is 0 Å². The maximum absolute atomic E-state index is 12.2. The number of fused-ring (bicyclic) bond motifs is 1. The summed E-state index contributed by atoms with van der Waals surface area (Å²) in [7, 11) is 0. The molecule has 1 atom stereocenters. The summed E-state index contributed by atoms with van der Waals surface area (Å²) >= 11 is 0. The van der Waals surface area contributed by atoms with Crippen molar-refractivity contribution in [2.45, 2.75) is 51.9 Å². The Morgan fingerprint density at radius 1 is 1.39 bits per heavy atom. The minimum absolute atomic E-state index is 0.335. The highest BCUT2D eigenvalue weighted by atomic mass is 16.1. The van der Waals surface area contributed by atoms with E-state index in [0.717, 1.165) is 18.4 Å². The van der Waals surface area contributed by atoms with Crippen LogP contribution >= 0.6 is 0 Å². The molecule has 18 heavy (non-hydrogen) atoms. The van der Waals surface area contributed by atoms with Crippen molar-refractivity contribution in [3.63, 3.8) is 0 Å². The maximum atomic E-state index is 12.2. The Morgan fingerprint density at radius 2 is 2.17 bits per heavy atom. The summed E-state index contributed by atoms with van der Waals surface area (Å²) in [4.78, 5) is 12.2. The number of ketones is 1. The van der Waals surface area contributed by atoms with Gasteiger partial charge < -0.3 is 0 Å². The monoisotopic (exact) mass is 242 g/mol. The normalized spacial score (nSPS) is 19.4. The third-order valence-corrected chi connectivity index (χ3v) is 4.01. The van der Waals surface area contributed by atoms with E-state index in [4.69, 9.17) is 0 Å².